The molecule has 0 saturated heterocycles. The molecule has 19 heavy (non-hydrogen) atoms. The fourth-order valence-corrected chi connectivity index (χ4v) is 3.17. The summed E-state index contributed by atoms with van der Waals surface area (Å²) < 4.78 is 0.917. The van der Waals surface area contributed by atoms with Crippen LogP contribution in [-0.2, 0) is 0 Å². The Morgan fingerprint density at radius 2 is 1.74 bits per heavy atom. The largest absolute Gasteiger partial charge is 0.289 e. The molecule has 0 bridgehead atoms. The second-order valence-corrected chi connectivity index (χ2v) is 5.50. The van der Waals surface area contributed by atoms with Crippen molar-refractivity contribution in [3.63, 3.8) is 0 Å². The van der Waals surface area contributed by atoms with Gasteiger partial charge in [0.25, 0.3) is 0 Å². The van der Waals surface area contributed by atoms with Crippen LogP contribution in [0.1, 0.15) is 15.9 Å². The Kier molecular flexibility index (Phi) is 2.15. The lowest BCUT2D eigenvalue weighted by atomic mass is 9.86. The van der Waals surface area contributed by atoms with Crippen molar-refractivity contribution in [1.82, 2.24) is 4.98 Å². The summed E-state index contributed by atoms with van der Waals surface area (Å²) in [5.41, 5.74) is 3.28. The van der Waals surface area contributed by atoms with Crippen LogP contribution >= 0.6 is 15.9 Å². The van der Waals surface area contributed by atoms with Crippen LogP contribution in [0.5, 0.6) is 0 Å². The van der Waals surface area contributed by atoms with Crippen LogP contribution in [0.15, 0.2) is 53.1 Å². The summed E-state index contributed by atoms with van der Waals surface area (Å²) >= 11 is 3.47. The summed E-state index contributed by atoms with van der Waals surface area (Å²) in [7, 11) is 0. The molecule has 0 atom stereocenters. The Bertz CT molecular complexity index is 854. The Balaban J connectivity index is 2.27. The molecule has 3 heteroatoms. The molecule has 0 amide bonds. The molecular formula is C16H8BrNO. The minimum Gasteiger partial charge on any atom is -0.289 e. The molecule has 4 rings (SSSR count). The number of carbonyl (C=O) groups is 1. The zero-order chi connectivity index (χ0) is 13.0. The number of nitrogens with zero attached hydrogens (tertiary/aromatic N) is 1. The molecule has 2 nitrogen and oxygen atoms in total. The van der Waals surface area contributed by atoms with E-state index in [-0.39, 0.29) is 5.78 Å². The number of hydrogen-bond acceptors (Lipinski definition) is 2. The third-order valence-corrected chi connectivity index (χ3v) is 3.96. The van der Waals surface area contributed by atoms with Gasteiger partial charge in [-0.1, -0.05) is 40.2 Å². The molecule has 1 heterocycles. The maximum Gasteiger partial charge on any atom is 0.194 e. The van der Waals surface area contributed by atoms with Gasteiger partial charge >= 0.3 is 0 Å². The second kappa shape index (κ2) is 3.75. The van der Waals surface area contributed by atoms with Gasteiger partial charge in [-0.25, -0.2) is 0 Å². The summed E-state index contributed by atoms with van der Waals surface area (Å²) in [4.78, 5) is 17.1. The molecule has 3 aromatic rings. The molecule has 0 N–H and O–H groups in total. The summed E-state index contributed by atoms with van der Waals surface area (Å²) in [5, 5.41) is 1.99. The zero-order valence-corrected chi connectivity index (χ0v) is 11.4. The summed E-state index contributed by atoms with van der Waals surface area (Å²) in [6.45, 7) is 0. The van der Waals surface area contributed by atoms with E-state index in [4.69, 9.17) is 0 Å². The van der Waals surface area contributed by atoms with Crippen LogP contribution in [0.4, 0.5) is 0 Å². The average Bonchev–Trinajstić information content (AvgIpc) is 2.44. The molecule has 0 spiro atoms. The summed E-state index contributed by atoms with van der Waals surface area (Å²) in [6.07, 6.45) is 1.79. The molecule has 1 aliphatic rings. The first-order chi connectivity index (χ1) is 9.25. The number of fused-ring (bicyclic) bond motifs is 2. The van der Waals surface area contributed by atoms with E-state index in [1.807, 2.05) is 42.5 Å². The Morgan fingerprint density at radius 3 is 2.58 bits per heavy atom. The number of carbonyl (C=O) groups excluding carboxylic acids is 1. The van der Waals surface area contributed by atoms with Crippen molar-refractivity contribution in [2.75, 3.05) is 0 Å². The molecule has 1 aromatic heterocycles. The van der Waals surface area contributed by atoms with E-state index in [1.165, 1.54) is 0 Å². The average molecular weight is 310 g/mol. The van der Waals surface area contributed by atoms with Crippen molar-refractivity contribution in [3.05, 3.63) is 64.3 Å². The van der Waals surface area contributed by atoms with Gasteiger partial charge in [0.05, 0.1) is 5.69 Å². The fourth-order valence-electron chi connectivity index (χ4n) is 2.70. The molecule has 2 aromatic carbocycles. The van der Waals surface area contributed by atoms with Gasteiger partial charge in [0, 0.05) is 32.7 Å². The number of pyridine rings is 1. The van der Waals surface area contributed by atoms with Crippen LogP contribution in [0, 0.1) is 0 Å². The van der Waals surface area contributed by atoms with Gasteiger partial charge in [0.15, 0.2) is 5.78 Å². The van der Waals surface area contributed by atoms with Gasteiger partial charge in [0.2, 0.25) is 0 Å². The molecule has 0 radical (unpaired) electrons. The number of benzene rings is 2. The van der Waals surface area contributed by atoms with E-state index in [0.29, 0.717) is 0 Å². The third kappa shape index (κ3) is 1.42. The van der Waals surface area contributed by atoms with Gasteiger partial charge in [-0.2, -0.15) is 0 Å². The lowest BCUT2D eigenvalue weighted by molar-refractivity contribution is 0.104. The number of halogens is 1. The monoisotopic (exact) mass is 309 g/mol. The van der Waals surface area contributed by atoms with Crippen LogP contribution < -0.4 is 0 Å². The number of ketones is 1. The first kappa shape index (κ1) is 10.9. The van der Waals surface area contributed by atoms with Gasteiger partial charge < -0.3 is 0 Å². The van der Waals surface area contributed by atoms with Crippen molar-refractivity contribution >= 4 is 32.5 Å². The maximum absolute atomic E-state index is 12.6. The highest BCUT2D eigenvalue weighted by atomic mass is 79.9. The van der Waals surface area contributed by atoms with Crippen molar-refractivity contribution < 1.29 is 4.79 Å². The van der Waals surface area contributed by atoms with E-state index in [9.17, 15) is 4.79 Å². The number of hydrogen-bond donors (Lipinski definition) is 0. The first-order valence-electron chi connectivity index (χ1n) is 5.98. The van der Waals surface area contributed by atoms with E-state index < -0.39 is 0 Å². The lowest BCUT2D eigenvalue weighted by Gasteiger charge is -2.18. The van der Waals surface area contributed by atoms with Crippen LogP contribution in [0.25, 0.3) is 22.0 Å². The lowest BCUT2D eigenvalue weighted by Crippen LogP contribution is -2.10. The predicted molar refractivity (Wildman–Crippen MR) is 78.3 cm³/mol. The fraction of sp³-hybridized carbons (Fsp3) is 0. The SMILES string of the molecule is O=C1c2ccccc2-c2nccc3cc(Br)cc1c23. The summed E-state index contributed by atoms with van der Waals surface area (Å²) in [5.74, 6) is 0.0717. The molecule has 0 unspecified atom stereocenters. The van der Waals surface area contributed by atoms with Crippen LogP contribution in [0.3, 0.4) is 0 Å². The van der Waals surface area contributed by atoms with Gasteiger partial charge in [-0.05, 0) is 23.6 Å². The Labute approximate surface area is 118 Å². The molecule has 0 aliphatic heterocycles. The second-order valence-electron chi connectivity index (χ2n) is 4.59. The normalized spacial score (nSPS) is 12.6. The van der Waals surface area contributed by atoms with E-state index in [2.05, 4.69) is 20.9 Å². The minimum absolute atomic E-state index is 0.0717. The quantitative estimate of drug-likeness (QED) is 0.487. The van der Waals surface area contributed by atoms with Crippen LogP contribution in [0.2, 0.25) is 0 Å². The van der Waals surface area contributed by atoms with Gasteiger partial charge in [-0.3, -0.25) is 9.78 Å². The first-order valence-corrected chi connectivity index (χ1v) is 6.77. The van der Waals surface area contributed by atoms with Gasteiger partial charge in [-0.15, -0.1) is 0 Å². The highest BCUT2D eigenvalue weighted by Crippen LogP contribution is 2.38. The highest BCUT2D eigenvalue weighted by Gasteiger charge is 2.25. The molecule has 0 fully saturated rings. The van der Waals surface area contributed by atoms with Crippen molar-refractivity contribution in [1.29, 1.82) is 0 Å². The zero-order valence-electron chi connectivity index (χ0n) is 9.85. The molecule has 1 aliphatic carbocycles. The standard InChI is InChI=1S/C16H8BrNO/c17-10-7-9-5-6-18-15-11-3-1-2-4-12(11)16(19)13(8-10)14(9)15/h1-8H. The molecule has 0 saturated carbocycles. The summed E-state index contributed by atoms with van der Waals surface area (Å²) in [6, 6.07) is 13.5. The number of aromatic nitrogens is 1. The van der Waals surface area contributed by atoms with E-state index in [1.54, 1.807) is 6.20 Å². The number of rotatable bonds is 0. The van der Waals surface area contributed by atoms with Crippen LogP contribution in [-0.4, -0.2) is 10.8 Å². The Hall–Kier alpha value is -2.00. The maximum atomic E-state index is 12.6. The molecule has 90 valence electrons. The third-order valence-electron chi connectivity index (χ3n) is 3.50. The highest BCUT2D eigenvalue weighted by molar-refractivity contribution is 9.10. The topological polar surface area (TPSA) is 30.0 Å². The van der Waals surface area contributed by atoms with Crippen molar-refractivity contribution in [3.8, 4) is 11.3 Å². The predicted octanol–water partition coefficient (Wildman–Crippen LogP) is 4.21. The minimum atomic E-state index is 0.0717. The van der Waals surface area contributed by atoms with Crippen molar-refractivity contribution in [2.24, 2.45) is 0 Å². The smallest absolute Gasteiger partial charge is 0.194 e. The van der Waals surface area contributed by atoms with E-state index >= 15 is 0 Å². The van der Waals surface area contributed by atoms with Crippen molar-refractivity contribution in [2.45, 2.75) is 0 Å². The Morgan fingerprint density at radius 1 is 0.947 bits per heavy atom. The van der Waals surface area contributed by atoms with Gasteiger partial charge in [0.1, 0.15) is 0 Å². The van der Waals surface area contributed by atoms with E-state index in [0.717, 1.165) is 37.6 Å². The molecular weight excluding hydrogens is 302 g/mol.